The van der Waals surface area contributed by atoms with E-state index < -0.39 is 0 Å². The number of anilines is 1. The molecule has 1 heterocycles. The third kappa shape index (κ3) is 3.04. The minimum Gasteiger partial charge on any atom is -0.496 e. The average Bonchev–Trinajstić information content (AvgIpc) is 2.40. The van der Waals surface area contributed by atoms with E-state index in [9.17, 15) is 0 Å². The number of ether oxygens (including phenoxy) is 2. The highest BCUT2D eigenvalue weighted by atomic mass is 79.9. The SMILES string of the molecule is COc1c(C)cnc(COc2ccc(Br)cc2N)c1C. The molecule has 0 spiro atoms. The fraction of sp³-hybridized carbons (Fsp3) is 0.267. The topological polar surface area (TPSA) is 57.4 Å². The van der Waals surface area contributed by atoms with Crippen molar-refractivity contribution in [2.45, 2.75) is 20.5 Å². The van der Waals surface area contributed by atoms with Crippen LogP contribution in [-0.4, -0.2) is 12.1 Å². The van der Waals surface area contributed by atoms with E-state index in [0.29, 0.717) is 18.0 Å². The number of rotatable bonds is 4. The van der Waals surface area contributed by atoms with Gasteiger partial charge in [-0.15, -0.1) is 0 Å². The zero-order valence-corrected chi connectivity index (χ0v) is 13.3. The third-order valence-corrected chi connectivity index (χ3v) is 3.58. The van der Waals surface area contributed by atoms with Crippen molar-refractivity contribution in [2.24, 2.45) is 0 Å². The van der Waals surface area contributed by atoms with E-state index in [2.05, 4.69) is 20.9 Å². The molecule has 0 saturated carbocycles. The Hall–Kier alpha value is -1.75. The van der Waals surface area contributed by atoms with Crippen molar-refractivity contribution < 1.29 is 9.47 Å². The smallest absolute Gasteiger partial charge is 0.142 e. The second-order valence-corrected chi connectivity index (χ2v) is 5.43. The van der Waals surface area contributed by atoms with Crippen molar-refractivity contribution in [1.82, 2.24) is 4.98 Å². The monoisotopic (exact) mass is 336 g/mol. The molecule has 2 rings (SSSR count). The van der Waals surface area contributed by atoms with Crippen LogP contribution in [0, 0.1) is 13.8 Å². The van der Waals surface area contributed by atoms with Crippen LogP contribution in [0.4, 0.5) is 5.69 Å². The molecule has 1 aromatic carbocycles. The summed E-state index contributed by atoms with van der Waals surface area (Å²) in [6, 6.07) is 5.53. The number of nitrogens with two attached hydrogens (primary N) is 1. The molecule has 4 nitrogen and oxygen atoms in total. The molecule has 0 saturated heterocycles. The lowest BCUT2D eigenvalue weighted by Gasteiger charge is -2.13. The second-order valence-electron chi connectivity index (χ2n) is 4.52. The van der Waals surface area contributed by atoms with Crippen molar-refractivity contribution in [3.63, 3.8) is 0 Å². The second kappa shape index (κ2) is 6.13. The van der Waals surface area contributed by atoms with Crippen molar-refractivity contribution in [2.75, 3.05) is 12.8 Å². The predicted octanol–water partition coefficient (Wildman–Crippen LogP) is 3.63. The van der Waals surface area contributed by atoms with E-state index in [-0.39, 0.29) is 0 Å². The average molecular weight is 337 g/mol. The van der Waals surface area contributed by atoms with Crippen LogP contribution in [0.25, 0.3) is 0 Å². The molecule has 20 heavy (non-hydrogen) atoms. The van der Waals surface area contributed by atoms with Gasteiger partial charge < -0.3 is 15.2 Å². The molecule has 106 valence electrons. The highest BCUT2D eigenvalue weighted by molar-refractivity contribution is 9.10. The zero-order valence-electron chi connectivity index (χ0n) is 11.7. The maximum absolute atomic E-state index is 5.90. The maximum atomic E-state index is 5.90. The fourth-order valence-electron chi connectivity index (χ4n) is 2.01. The standard InChI is InChI=1S/C15H17BrN2O2/c1-9-7-18-13(10(2)15(9)19-3)8-20-14-5-4-11(16)6-12(14)17/h4-7H,8,17H2,1-3H3. The van der Waals surface area contributed by atoms with E-state index in [1.165, 1.54) is 0 Å². The van der Waals surface area contributed by atoms with Crippen LogP contribution in [0.15, 0.2) is 28.9 Å². The molecule has 0 atom stereocenters. The lowest BCUT2D eigenvalue weighted by atomic mass is 10.1. The predicted molar refractivity (Wildman–Crippen MR) is 83.1 cm³/mol. The third-order valence-electron chi connectivity index (χ3n) is 3.09. The Morgan fingerprint density at radius 2 is 2.05 bits per heavy atom. The molecule has 0 unspecified atom stereocenters. The van der Waals surface area contributed by atoms with E-state index in [4.69, 9.17) is 15.2 Å². The molecule has 0 aliphatic carbocycles. The summed E-state index contributed by atoms with van der Waals surface area (Å²) in [6.45, 7) is 4.30. The van der Waals surface area contributed by atoms with Gasteiger partial charge in [-0.1, -0.05) is 15.9 Å². The van der Waals surface area contributed by atoms with Gasteiger partial charge in [0.1, 0.15) is 18.1 Å². The quantitative estimate of drug-likeness (QED) is 0.866. The molecule has 0 amide bonds. The number of aromatic nitrogens is 1. The number of benzene rings is 1. The van der Waals surface area contributed by atoms with Gasteiger partial charge in [0.05, 0.1) is 18.5 Å². The molecule has 2 aromatic rings. The molecule has 0 aliphatic rings. The van der Waals surface area contributed by atoms with E-state index in [1.54, 1.807) is 13.3 Å². The van der Waals surface area contributed by atoms with Crippen LogP contribution in [0.5, 0.6) is 11.5 Å². The molecule has 0 fully saturated rings. The van der Waals surface area contributed by atoms with E-state index in [0.717, 1.165) is 27.0 Å². The maximum Gasteiger partial charge on any atom is 0.142 e. The summed E-state index contributed by atoms with van der Waals surface area (Å²) < 4.78 is 12.0. The Kier molecular flexibility index (Phi) is 4.49. The van der Waals surface area contributed by atoms with Gasteiger partial charge in [-0.05, 0) is 32.0 Å². The van der Waals surface area contributed by atoms with Gasteiger partial charge in [-0.25, -0.2) is 0 Å². The van der Waals surface area contributed by atoms with Gasteiger partial charge in [0, 0.05) is 21.8 Å². The normalized spacial score (nSPS) is 10.4. The highest BCUT2D eigenvalue weighted by Gasteiger charge is 2.10. The number of methoxy groups -OCH3 is 1. The summed E-state index contributed by atoms with van der Waals surface area (Å²) in [5.41, 5.74) is 9.34. The number of hydrogen-bond acceptors (Lipinski definition) is 4. The minimum atomic E-state index is 0.355. The minimum absolute atomic E-state index is 0.355. The van der Waals surface area contributed by atoms with Crippen LogP contribution < -0.4 is 15.2 Å². The number of pyridine rings is 1. The number of halogens is 1. The molecular formula is C15H17BrN2O2. The molecule has 0 bridgehead atoms. The summed E-state index contributed by atoms with van der Waals surface area (Å²) >= 11 is 3.37. The summed E-state index contributed by atoms with van der Waals surface area (Å²) in [6.07, 6.45) is 1.79. The first-order valence-corrected chi connectivity index (χ1v) is 6.99. The first-order valence-electron chi connectivity index (χ1n) is 6.19. The largest absolute Gasteiger partial charge is 0.496 e. The molecular weight excluding hydrogens is 320 g/mol. The molecule has 0 radical (unpaired) electrons. The van der Waals surface area contributed by atoms with Crippen LogP contribution >= 0.6 is 15.9 Å². The van der Waals surface area contributed by atoms with Gasteiger partial charge in [0.15, 0.2) is 0 Å². The Morgan fingerprint density at radius 3 is 2.70 bits per heavy atom. The number of hydrogen-bond donors (Lipinski definition) is 1. The highest BCUT2D eigenvalue weighted by Crippen LogP contribution is 2.28. The van der Waals surface area contributed by atoms with E-state index >= 15 is 0 Å². The Balaban J connectivity index is 2.19. The summed E-state index contributed by atoms with van der Waals surface area (Å²) in [4.78, 5) is 4.39. The molecule has 0 aliphatic heterocycles. The summed E-state index contributed by atoms with van der Waals surface area (Å²) in [7, 11) is 1.66. The van der Waals surface area contributed by atoms with Crippen molar-refractivity contribution in [3.05, 3.63) is 45.7 Å². The van der Waals surface area contributed by atoms with Crippen LogP contribution in [0.3, 0.4) is 0 Å². The van der Waals surface area contributed by atoms with Gasteiger partial charge in [-0.2, -0.15) is 0 Å². The lowest BCUT2D eigenvalue weighted by Crippen LogP contribution is -2.05. The molecule has 1 aromatic heterocycles. The van der Waals surface area contributed by atoms with E-state index in [1.807, 2.05) is 32.0 Å². The first kappa shape index (κ1) is 14.7. The molecule has 5 heteroatoms. The lowest BCUT2D eigenvalue weighted by molar-refractivity contribution is 0.300. The Morgan fingerprint density at radius 1 is 1.30 bits per heavy atom. The van der Waals surface area contributed by atoms with Crippen molar-refractivity contribution in [1.29, 1.82) is 0 Å². The van der Waals surface area contributed by atoms with Gasteiger partial charge >= 0.3 is 0 Å². The van der Waals surface area contributed by atoms with Gasteiger partial charge in [0.2, 0.25) is 0 Å². The van der Waals surface area contributed by atoms with Crippen LogP contribution in [-0.2, 0) is 6.61 Å². The van der Waals surface area contributed by atoms with Crippen LogP contribution in [0.1, 0.15) is 16.8 Å². The van der Waals surface area contributed by atoms with Crippen molar-refractivity contribution in [3.8, 4) is 11.5 Å². The summed E-state index contributed by atoms with van der Waals surface area (Å²) in [5, 5.41) is 0. The zero-order chi connectivity index (χ0) is 14.7. The Bertz CT molecular complexity index is 630. The first-order chi connectivity index (χ1) is 9.52. The Labute approximate surface area is 127 Å². The summed E-state index contributed by atoms with van der Waals surface area (Å²) in [5.74, 6) is 1.50. The molecule has 2 N–H and O–H groups in total. The number of nitrogens with zero attached hydrogens (tertiary/aromatic N) is 1. The number of nitrogen functional groups attached to an aromatic ring is 1. The van der Waals surface area contributed by atoms with Gasteiger partial charge in [-0.3, -0.25) is 4.98 Å². The fourth-order valence-corrected chi connectivity index (χ4v) is 2.39. The van der Waals surface area contributed by atoms with Gasteiger partial charge in [0.25, 0.3) is 0 Å². The van der Waals surface area contributed by atoms with Crippen molar-refractivity contribution >= 4 is 21.6 Å². The number of aryl methyl sites for hydroxylation is 1. The van der Waals surface area contributed by atoms with Crippen LogP contribution in [0.2, 0.25) is 0 Å².